The summed E-state index contributed by atoms with van der Waals surface area (Å²) in [4.78, 5) is 21.2. The molecule has 1 saturated heterocycles. The van der Waals surface area contributed by atoms with Crippen molar-refractivity contribution in [3.8, 4) is 0 Å². The molecule has 1 aliphatic rings. The lowest BCUT2D eigenvalue weighted by molar-refractivity contribution is 0.0690. The summed E-state index contributed by atoms with van der Waals surface area (Å²) in [6.45, 7) is 2.98. The molecule has 0 aromatic carbocycles. The topological polar surface area (TPSA) is 66.3 Å². The van der Waals surface area contributed by atoms with E-state index in [1.807, 2.05) is 0 Å². The highest BCUT2D eigenvalue weighted by Gasteiger charge is 2.28. The van der Waals surface area contributed by atoms with Gasteiger partial charge in [0, 0.05) is 25.0 Å². The van der Waals surface area contributed by atoms with Crippen molar-refractivity contribution in [3.05, 3.63) is 18.1 Å². The van der Waals surface area contributed by atoms with E-state index in [1.54, 1.807) is 6.20 Å². The molecule has 0 amide bonds. The van der Waals surface area contributed by atoms with Gasteiger partial charge < -0.3 is 10.0 Å². The number of aromatic nitrogens is 2. The molecule has 0 saturated carbocycles. The summed E-state index contributed by atoms with van der Waals surface area (Å²) in [6, 6.07) is 0.398. The van der Waals surface area contributed by atoms with Crippen molar-refractivity contribution in [2.24, 2.45) is 0 Å². The molecule has 5 nitrogen and oxygen atoms in total. The van der Waals surface area contributed by atoms with Crippen molar-refractivity contribution in [2.45, 2.75) is 32.2 Å². The summed E-state index contributed by atoms with van der Waals surface area (Å²) in [7, 11) is 0. The Labute approximate surface area is 94.1 Å². The van der Waals surface area contributed by atoms with Crippen LogP contribution >= 0.6 is 0 Å². The lowest BCUT2D eigenvalue weighted by atomic mass is 10.1. The van der Waals surface area contributed by atoms with Crippen LogP contribution in [0.15, 0.2) is 12.4 Å². The molecule has 1 aromatic rings. The van der Waals surface area contributed by atoms with Gasteiger partial charge in [0.1, 0.15) is 0 Å². The van der Waals surface area contributed by atoms with E-state index in [9.17, 15) is 4.79 Å². The maximum atomic E-state index is 11.0. The summed E-state index contributed by atoms with van der Waals surface area (Å²) in [5.41, 5.74) is 0.0582. The fraction of sp³-hybridized carbons (Fsp3) is 0.545. The first kappa shape index (κ1) is 10.9. The Kier molecular flexibility index (Phi) is 3.03. The lowest BCUT2D eigenvalue weighted by Crippen LogP contribution is -2.31. The summed E-state index contributed by atoms with van der Waals surface area (Å²) >= 11 is 0. The average molecular weight is 221 g/mol. The van der Waals surface area contributed by atoms with Gasteiger partial charge in [-0.2, -0.15) is 0 Å². The van der Waals surface area contributed by atoms with Crippen LogP contribution in [0, 0.1) is 0 Å². The van der Waals surface area contributed by atoms with E-state index in [0.29, 0.717) is 11.9 Å². The zero-order valence-corrected chi connectivity index (χ0v) is 9.26. The van der Waals surface area contributed by atoms with Gasteiger partial charge >= 0.3 is 5.97 Å². The molecule has 86 valence electrons. The number of carbonyl (C=O) groups is 1. The smallest absolute Gasteiger partial charge is 0.358 e. The molecule has 2 rings (SSSR count). The van der Waals surface area contributed by atoms with Crippen LogP contribution in [0.4, 0.5) is 5.82 Å². The molecule has 0 radical (unpaired) electrons. The first-order valence-corrected chi connectivity index (χ1v) is 5.55. The largest absolute Gasteiger partial charge is 0.476 e. The van der Waals surface area contributed by atoms with E-state index >= 15 is 0 Å². The van der Waals surface area contributed by atoms with E-state index in [-0.39, 0.29) is 5.69 Å². The first-order chi connectivity index (χ1) is 7.74. The molecule has 16 heavy (non-hydrogen) atoms. The molecule has 1 aromatic heterocycles. The molecule has 0 spiro atoms. The van der Waals surface area contributed by atoms with E-state index in [4.69, 9.17) is 5.11 Å². The van der Waals surface area contributed by atoms with Gasteiger partial charge in [0.05, 0.1) is 0 Å². The monoisotopic (exact) mass is 221 g/mol. The third-order valence-corrected chi connectivity index (χ3v) is 3.00. The van der Waals surface area contributed by atoms with Crippen LogP contribution < -0.4 is 4.90 Å². The maximum Gasteiger partial charge on any atom is 0.358 e. The molecule has 1 fully saturated rings. The van der Waals surface area contributed by atoms with Gasteiger partial charge in [0.25, 0.3) is 0 Å². The van der Waals surface area contributed by atoms with Crippen LogP contribution in [-0.4, -0.2) is 33.6 Å². The van der Waals surface area contributed by atoms with Crippen LogP contribution in [0.5, 0.6) is 0 Å². The van der Waals surface area contributed by atoms with Crippen molar-refractivity contribution in [2.75, 3.05) is 11.4 Å². The predicted molar refractivity (Wildman–Crippen MR) is 59.7 cm³/mol. The zero-order valence-electron chi connectivity index (χ0n) is 9.26. The number of hydrogen-bond acceptors (Lipinski definition) is 4. The van der Waals surface area contributed by atoms with Crippen LogP contribution in [-0.2, 0) is 0 Å². The number of hydrogen-bond donors (Lipinski definition) is 1. The highest BCUT2D eigenvalue weighted by Crippen LogP contribution is 2.27. The van der Waals surface area contributed by atoms with Gasteiger partial charge in [-0.15, -0.1) is 0 Å². The first-order valence-electron chi connectivity index (χ1n) is 5.55. The van der Waals surface area contributed by atoms with Crippen molar-refractivity contribution in [3.63, 3.8) is 0 Å². The highest BCUT2D eigenvalue weighted by molar-refractivity contribution is 5.91. The Hall–Kier alpha value is -1.65. The second-order valence-corrected chi connectivity index (χ2v) is 3.93. The lowest BCUT2D eigenvalue weighted by Gasteiger charge is -2.25. The average Bonchev–Trinajstić information content (AvgIpc) is 2.76. The molecule has 1 aliphatic heterocycles. The van der Waals surface area contributed by atoms with Crippen LogP contribution in [0.25, 0.3) is 0 Å². The minimum atomic E-state index is -1.01. The fourth-order valence-electron chi connectivity index (χ4n) is 2.23. The van der Waals surface area contributed by atoms with E-state index in [0.717, 1.165) is 25.8 Å². The molecule has 0 aliphatic carbocycles. The predicted octanol–water partition coefficient (Wildman–Crippen LogP) is 1.55. The SMILES string of the molecule is CCC1CCCN1c1nccnc1C(=O)O. The Morgan fingerprint density at radius 2 is 2.31 bits per heavy atom. The van der Waals surface area contributed by atoms with Crippen LogP contribution in [0.1, 0.15) is 36.7 Å². The highest BCUT2D eigenvalue weighted by atomic mass is 16.4. The molecule has 0 bridgehead atoms. The number of anilines is 1. The Morgan fingerprint density at radius 1 is 1.56 bits per heavy atom. The standard InChI is InChI=1S/C11H15N3O2/c1-2-8-4-3-7-14(8)10-9(11(15)16)12-5-6-13-10/h5-6,8H,2-4,7H2,1H3,(H,15,16). The minimum Gasteiger partial charge on any atom is -0.476 e. The second kappa shape index (κ2) is 4.47. The number of nitrogens with zero attached hydrogens (tertiary/aromatic N) is 3. The second-order valence-electron chi connectivity index (χ2n) is 3.93. The summed E-state index contributed by atoms with van der Waals surface area (Å²) in [5, 5.41) is 9.06. The number of rotatable bonds is 3. The fourth-order valence-corrected chi connectivity index (χ4v) is 2.23. The molecular weight excluding hydrogens is 206 g/mol. The number of carboxylic acid groups (broad SMARTS) is 1. The van der Waals surface area contributed by atoms with Crippen molar-refractivity contribution < 1.29 is 9.90 Å². The van der Waals surface area contributed by atoms with E-state index in [2.05, 4.69) is 21.8 Å². The molecule has 2 heterocycles. The van der Waals surface area contributed by atoms with E-state index < -0.39 is 5.97 Å². The van der Waals surface area contributed by atoms with Crippen LogP contribution in [0.3, 0.4) is 0 Å². The van der Waals surface area contributed by atoms with Crippen molar-refractivity contribution >= 4 is 11.8 Å². The van der Waals surface area contributed by atoms with Crippen molar-refractivity contribution in [1.29, 1.82) is 0 Å². The molecule has 5 heteroatoms. The maximum absolute atomic E-state index is 11.0. The van der Waals surface area contributed by atoms with Gasteiger partial charge in [-0.25, -0.2) is 14.8 Å². The Morgan fingerprint density at radius 3 is 3.00 bits per heavy atom. The normalized spacial score (nSPS) is 20.1. The quantitative estimate of drug-likeness (QED) is 0.838. The Bertz CT molecular complexity index is 395. The number of carboxylic acids is 1. The molecule has 1 atom stereocenters. The zero-order chi connectivity index (χ0) is 11.5. The van der Waals surface area contributed by atoms with E-state index in [1.165, 1.54) is 6.20 Å². The molecule has 1 N–H and O–H groups in total. The van der Waals surface area contributed by atoms with Gasteiger partial charge in [0.15, 0.2) is 11.5 Å². The van der Waals surface area contributed by atoms with Gasteiger partial charge in [-0.3, -0.25) is 0 Å². The molecule has 1 unspecified atom stereocenters. The molecular formula is C11H15N3O2. The van der Waals surface area contributed by atoms with Crippen LogP contribution in [0.2, 0.25) is 0 Å². The summed E-state index contributed by atoms with van der Waals surface area (Å²) in [5.74, 6) is -0.496. The van der Waals surface area contributed by atoms with Crippen molar-refractivity contribution in [1.82, 2.24) is 9.97 Å². The van der Waals surface area contributed by atoms with Gasteiger partial charge in [-0.1, -0.05) is 6.92 Å². The Balaban J connectivity index is 2.35. The third-order valence-electron chi connectivity index (χ3n) is 3.00. The number of aromatic carboxylic acids is 1. The van der Waals surface area contributed by atoms with Gasteiger partial charge in [0.2, 0.25) is 0 Å². The third kappa shape index (κ3) is 1.85. The summed E-state index contributed by atoms with van der Waals surface area (Å²) < 4.78 is 0. The van der Waals surface area contributed by atoms with Gasteiger partial charge in [-0.05, 0) is 19.3 Å². The minimum absolute atomic E-state index is 0.0582. The summed E-state index contributed by atoms with van der Waals surface area (Å²) in [6.07, 6.45) is 6.17.